The number of rotatable bonds is 9. The first kappa shape index (κ1) is 29.8. The van der Waals surface area contributed by atoms with Crippen LogP contribution in [0.15, 0.2) is 82.1 Å². The zero-order chi connectivity index (χ0) is 31.2. The van der Waals surface area contributed by atoms with Gasteiger partial charge in [0.15, 0.2) is 11.9 Å². The maximum Gasteiger partial charge on any atom is 0.439 e. The van der Waals surface area contributed by atoms with Gasteiger partial charge in [-0.1, -0.05) is 35.5 Å². The summed E-state index contributed by atoms with van der Waals surface area (Å²) in [5.41, 5.74) is 1.25. The topological polar surface area (TPSA) is 170 Å². The number of morpholine rings is 1. The summed E-state index contributed by atoms with van der Waals surface area (Å²) in [6, 6.07) is 18.4. The highest BCUT2D eigenvalue weighted by atomic mass is 19.1. The van der Waals surface area contributed by atoms with Gasteiger partial charge < -0.3 is 24.4 Å². The van der Waals surface area contributed by atoms with E-state index in [0.717, 1.165) is 13.0 Å². The largest absolute Gasteiger partial charge is 0.457 e. The lowest BCUT2D eigenvalue weighted by atomic mass is 10.1. The zero-order valence-electron chi connectivity index (χ0n) is 23.2. The minimum Gasteiger partial charge on any atom is -0.457 e. The predicted molar refractivity (Wildman–Crippen MR) is 151 cm³/mol. The first-order valence-corrected chi connectivity index (χ1v) is 13.3. The minimum absolute atomic E-state index is 0.0134. The second-order valence-corrected chi connectivity index (χ2v) is 9.55. The molecule has 3 aromatic carbocycles. The van der Waals surface area contributed by atoms with Crippen molar-refractivity contribution >= 4 is 35.1 Å². The summed E-state index contributed by atoms with van der Waals surface area (Å²) in [5.74, 6) is -4.77. The Morgan fingerprint density at radius 3 is 2.52 bits per heavy atom. The van der Waals surface area contributed by atoms with Gasteiger partial charge in [0.1, 0.15) is 12.4 Å². The molecule has 1 aromatic heterocycles. The SMILES string of the molecule is CC(=O)O[C@@H](C(=O)Nc1ccc(-c2noc(=O)[nH]2)cc1)[C@H]1OCCN(c2ccc(F)c(C(=O)OCc3ccccc3)c2)C1=O. The Bertz CT molecular complexity index is 1740. The molecule has 13 nitrogen and oxygen atoms in total. The summed E-state index contributed by atoms with van der Waals surface area (Å²) in [4.78, 5) is 66.2. The molecule has 0 spiro atoms. The number of esters is 2. The van der Waals surface area contributed by atoms with Crippen molar-refractivity contribution in [2.45, 2.75) is 25.7 Å². The summed E-state index contributed by atoms with van der Waals surface area (Å²) in [6.45, 7) is 0.951. The number of benzene rings is 3. The number of nitrogens with one attached hydrogen (secondary N) is 2. The van der Waals surface area contributed by atoms with Gasteiger partial charge in [-0.2, -0.15) is 0 Å². The Hall–Kier alpha value is -5.63. The van der Waals surface area contributed by atoms with Gasteiger partial charge in [-0.15, -0.1) is 0 Å². The third-order valence-corrected chi connectivity index (χ3v) is 6.51. The molecule has 1 aliphatic heterocycles. The molecular formula is C30H25FN4O9. The average Bonchev–Trinajstić information content (AvgIpc) is 3.46. The van der Waals surface area contributed by atoms with Gasteiger partial charge in [0.2, 0.25) is 6.10 Å². The van der Waals surface area contributed by atoms with Gasteiger partial charge in [-0.25, -0.2) is 14.0 Å². The highest BCUT2D eigenvalue weighted by Gasteiger charge is 2.42. The molecule has 14 heteroatoms. The van der Waals surface area contributed by atoms with Crippen LogP contribution in [0.25, 0.3) is 11.4 Å². The molecule has 1 aliphatic rings. The van der Waals surface area contributed by atoms with Crippen LogP contribution >= 0.6 is 0 Å². The first-order chi connectivity index (χ1) is 21.2. The van der Waals surface area contributed by atoms with E-state index in [9.17, 15) is 28.4 Å². The molecule has 5 rings (SSSR count). The second-order valence-electron chi connectivity index (χ2n) is 9.55. The molecule has 44 heavy (non-hydrogen) atoms. The van der Waals surface area contributed by atoms with Crippen LogP contribution in [0.3, 0.4) is 0 Å². The average molecular weight is 605 g/mol. The third-order valence-electron chi connectivity index (χ3n) is 6.51. The number of ether oxygens (including phenoxy) is 3. The van der Waals surface area contributed by atoms with Crippen LogP contribution in [0.2, 0.25) is 0 Å². The van der Waals surface area contributed by atoms with Gasteiger partial charge in [0, 0.05) is 30.4 Å². The molecule has 0 aliphatic carbocycles. The Morgan fingerprint density at radius 1 is 1.09 bits per heavy atom. The van der Waals surface area contributed by atoms with Crippen LogP contribution in [0.1, 0.15) is 22.8 Å². The maximum absolute atomic E-state index is 14.6. The molecule has 2 atom stereocenters. The molecule has 2 amide bonds. The van der Waals surface area contributed by atoms with E-state index in [1.54, 1.807) is 42.5 Å². The Balaban J connectivity index is 1.31. The quantitative estimate of drug-likeness (QED) is 0.271. The lowest BCUT2D eigenvalue weighted by molar-refractivity contribution is -0.167. The highest BCUT2D eigenvalue weighted by molar-refractivity contribution is 6.05. The molecule has 2 heterocycles. The van der Waals surface area contributed by atoms with Crippen molar-refractivity contribution in [2.24, 2.45) is 0 Å². The maximum atomic E-state index is 14.6. The molecule has 0 bridgehead atoms. The fraction of sp³-hybridized carbons (Fsp3) is 0.200. The van der Waals surface area contributed by atoms with Crippen LogP contribution in [-0.2, 0) is 35.2 Å². The number of nitrogens with zero attached hydrogens (tertiary/aromatic N) is 2. The number of aromatic amines is 1. The van der Waals surface area contributed by atoms with Gasteiger partial charge >= 0.3 is 17.7 Å². The smallest absolute Gasteiger partial charge is 0.439 e. The van der Waals surface area contributed by atoms with Crippen molar-refractivity contribution < 1.29 is 42.3 Å². The van der Waals surface area contributed by atoms with Crippen LogP contribution in [0.4, 0.5) is 15.8 Å². The fourth-order valence-electron chi connectivity index (χ4n) is 4.43. The lowest BCUT2D eigenvalue weighted by Gasteiger charge is -2.35. The van der Waals surface area contributed by atoms with E-state index in [0.29, 0.717) is 11.1 Å². The van der Waals surface area contributed by atoms with Crippen molar-refractivity contribution in [1.82, 2.24) is 10.1 Å². The van der Waals surface area contributed by atoms with Crippen molar-refractivity contribution in [2.75, 3.05) is 23.4 Å². The second kappa shape index (κ2) is 13.1. The molecular weight excluding hydrogens is 579 g/mol. The van der Waals surface area contributed by atoms with E-state index in [-0.39, 0.29) is 42.5 Å². The monoisotopic (exact) mass is 604 g/mol. The van der Waals surface area contributed by atoms with E-state index < -0.39 is 47.5 Å². The summed E-state index contributed by atoms with van der Waals surface area (Å²) in [5, 5.41) is 6.16. The van der Waals surface area contributed by atoms with Gasteiger partial charge in [0.25, 0.3) is 11.8 Å². The number of hydrogen-bond acceptors (Lipinski definition) is 10. The highest BCUT2D eigenvalue weighted by Crippen LogP contribution is 2.26. The molecule has 0 saturated carbocycles. The summed E-state index contributed by atoms with van der Waals surface area (Å²) in [6.07, 6.45) is -3.24. The molecule has 4 aromatic rings. The Labute approximate surface area is 248 Å². The molecule has 0 unspecified atom stereocenters. The van der Waals surface area contributed by atoms with E-state index in [2.05, 4.69) is 20.0 Å². The van der Waals surface area contributed by atoms with Crippen LogP contribution in [0.5, 0.6) is 0 Å². The minimum atomic E-state index is -1.69. The standard InChI is InChI=1S/C30H25FN4O9/c1-17(36)43-24(27(37)32-20-9-7-19(8-10-20)26-33-30(40)44-34-26)25-28(38)35(13-14-41-25)21-11-12-23(31)22(15-21)29(39)42-16-18-5-3-2-4-6-18/h2-12,15,24-25H,13-14,16H2,1H3,(H,32,37)(H,33,34,40)/t24-,25-/m1/s1. The van der Waals surface area contributed by atoms with Crippen molar-refractivity contribution in [3.63, 3.8) is 0 Å². The molecule has 2 N–H and O–H groups in total. The summed E-state index contributed by atoms with van der Waals surface area (Å²) in [7, 11) is 0. The molecule has 0 radical (unpaired) electrons. The van der Waals surface area contributed by atoms with Crippen LogP contribution in [0, 0.1) is 5.82 Å². The Kier molecular flexibility index (Phi) is 8.90. The van der Waals surface area contributed by atoms with Crippen LogP contribution < -0.4 is 16.0 Å². The number of anilines is 2. The summed E-state index contributed by atoms with van der Waals surface area (Å²) < 4.78 is 35.2. The first-order valence-electron chi connectivity index (χ1n) is 13.3. The van der Waals surface area contributed by atoms with Gasteiger partial charge in [-0.05, 0) is 48.0 Å². The van der Waals surface area contributed by atoms with Crippen molar-refractivity contribution in [3.8, 4) is 11.4 Å². The number of H-pyrrole nitrogens is 1. The number of carbonyl (C=O) groups excluding carboxylic acids is 4. The number of hydrogen-bond donors (Lipinski definition) is 2. The normalized spacial score (nSPS) is 15.4. The fourth-order valence-corrected chi connectivity index (χ4v) is 4.43. The summed E-state index contributed by atoms with van der Waals surface area (Å²) >= 11 is 0. The van der Waals surface area contributed by atoms with Crippen molar-refractivity contribution in [1.29, 1.82) is 0 Å². The molecule has 226 valence electrons. The number of amides is 2. The van der Waals surface area contributed by atoms with Crippen molar-refractivity contribution in [3.05, 3.63) is 100 Å². The molecule has 1 saturated heterocycles. The van der Waals surface area contributed by atoms with Gasteiger partial charge in [0.05, 0.1) is 12.2 Å². The van der Waals surface area contributed by atoms with E-state index in [4.69, 9.17) is 14.2 Å². The van der Waals surface area contributed by atoms with E-state index in [1.807, 2.05) is 0 Å². The third kappa shape index (κ3) is 6.87. The zero-order valence-corrected chi connectivity index (χ0v) is 23.2. The van der Waals surface area contributed by atoms with Gasteiger partial charge in [-0.3, -0.25) is 23.9 Å². The predicted octanol–water partition coefficient (Wildman–Crippen LogP) is 2.83. The molecule has 1 fully saturated rings. The number of carbonyl (C=O) groups is 4. The van der Waals surface area contributed by atoms with E-state index >= 15 is 0 Å². The van der Waals surface area contributed by atoms with E-state index in [1.165, 1.54) is 29.2 Å². The lowest BCUT2D eigenvalue weighted by Crippen LogP contribution is -2.56. The number of aromatic nitrogens is 2. The Morgan fingerprint density at radius 2 is 1.84 bits per heavy atom. The van der Waals surface area contributed by atoms with Crippen LogP contribution in [-0.4, -0.2) is 59.3 Å². The number of halogens is 1.